The number of nitrogens with zero attached hydrogens (tertiary/aromatic N) is 2. The van der Waals surface area contributed by atoms with Crippen molar-refractivity contribution in [3.05, 3.63) is 46.8 Å². The Morgan fingerprint density at radius 3 is 2.35 bits per heavy atom. The van der Waals surface area contributed by atoms with Gasteiger partial charge < -0.3 is 9.64 Å². The quantitative estimate of drug-likeness (QED) is 0.754. The van der Waals surface area contributed by atoms with E-state index in [9.17, 15) is 13.2 Å². The number of halogens is 1. The number of rotatable bonds is 5. The van der Waals surface area contributed by atoms with Gasteiger partial charge in [0.2, 0.25) is 0 Å². The lowest BCUT2D eigenvalue weighted by atomic mass is 10.3. The number of carbonyl (C=O) groups excluding carboxylic acids is 1. The molecule has 2 aromatic rings. The molecule has 0 spiro atoms. The van der Waals surface area contributed by atoms with Gasteiger partial charge in [0.25, 0.3) is 15.9 Å². The van der Waals surface area contributed by atoms with Crippen molar-refractivity contribution in [3.63, 3.8) is 0 Å². The summed E-state index contributed by atoms with van der Waals surface area (Å²) in [6.07, 6.45) is -0.628. The Labute approximate surface area is 162 Å². The number of para-hydroxylation sites is 1. The largest absolute Gasteiger partial charge is 0.481 e. The Kier molecular flexibility index (Phi) is 5.86. The Bertz CT molecular complexity index is 862. The van der Waals surface area contributed by atoms with Crippen LogP contribution in [0.4, 0.5) is 0 Å². The molecule has 1 aromatic heterocycles. The number of sulfonamides is 1. The molecule has 2 heterocycles. The zero-order chi connectivity index (χ0) is 18.7. The van der Waals surface area contributed by atoms with E-state index in [1.807, 2.05) is 18.2 Å². The molecule has 26 heavy (non-hydrogen) atoms. The van der Waals surface area contributed by atoms with Gasteiger partial charge in [0.15, 0.2) is 6.10 Å². The summed E-state index contributed by atoms with van der Waals surface area (Å²) in [6.45, 7) is 2.87. The maximum absolute atomic E-state index is 12.6. The first kappa shape index (κ1) is 19.2. The summed E-state index contributed by atoms with van der Waals surface area (Å²) in [5, 5.41) is 0. The molecule has 1 saturated heterocycles. The predicted octanol–water partition coefficient (Wildman–Crippen LogP) is 2.70. The number of carbonyl (C=O) groups is 1. The smallest absolute Gasteiger partial charge is 0.263 e. The molecule has 0 unspecified atom stereocenters. The van der Waals surface area contributed by atoms with Crippen molar-refractivity contribution in [2.45, 2.75) is 17.2 Å². The Hall–Kier alpha value is -1.61. The molecule has 1 aromatic carbocycles. The maximum Gasteiger partial charge on any atom is 0.263 e. The van der Waals surface area contributed by atoms with Crippen molar-refractivity contribution < 1.29 is 17.9 Å². The van der Waals surface area contributed by atoms with Gasteiger partial charge in [-0.15, -0.1) is 11.3 Å². The molecule has 140 valence electrons. The summed E-state index contributed by atoms with van der Waals surface area (Å²) < 4.78 is 32.9. The maximum atomic E-state index is 12.6. The van der Waals surface area contributed by atoms with Crippen molar-refractivity contribution in [1.29, 1.82) is 0 Å². The SMILES string of the molecule is C[C@@H](Oc1ccccc1)C(=O)N1CCN(S(=O)(=O)c2ccc(Cl)s2)CC1. The van der Waals surface area contributed by atoms with Crippen molar-refractivity contribution in [3.8, 4) is 5.75 Å². The molecule has 9 heteroatoms. The third-order valence-corrected chi connectivity index (χ3v) is 7.69. The molecule has 1 aliphatic rings. The standard InChI is InChI=1S/C17H19ClN2O4S2/c1-13(24-14-5-3-2-4-6-14)17(21)19-9-11-20(12-10-19)26(22,23)16-8-7-15(18)25-16/h2-8,13H,9-12H2,1H3/t13-/m1/s1. The van der Waals surface area contributed by atoms with Crippen molar-refractivity contribution in [1.82, 2.24) is 9.21 Å². The van der Waals surface area contributed by atoms with Crippen LogP contribution in [0, 0.1) is 0 Å². The third-order valence-electron chi connectivity index (χ3n) is 4.10. The van der Waals surface area contributed by atoms with E-state index in [1.54, 1.807) is 30.0 Å². The highest BCUT2D eigenvalue weighted by molar-refractivity contribution is 7.91. The molecule has 0 bridgehead atoms. The molecule has 0 N–H and O–H groups in total. The minimum atomic E-state index is -3.56. The highest BCUT2D eigenvalue weighted by atomic mass is 35.5. The summed E-state index contributed by atoms with van der Waals surface area (Å²) in [4.78, 5) is 14.2. The first-order valence-corrected chi connectivity index (χ1v) is 10.8. The van der Waals surface area contributed by atoms with Gasteiger partial charge in [0, 0.05) is 26.2 Å². The summed E-state index contributed by atoms with van der Waals surface area (Å²) in [5.74, 6) is 0.481. The first-order chi connectivity index (χ1) is 12.4. The Morgan fingerprint density at radius 1 is 1.12 bits per heavy atom. The summed E-state index contributed by atoms with van der Waals surface area (Å²) in [5.41, 5.74) is 0. The summed E-state index contributed by atoms with van der Waals surface area (Å²) in [6, 6.07) is 12.2. The van der Waals surface area contributed by atoms with Gasteiger partial charge in [0.05, 0.1) is 4.34 Å². The van der Waals surface area contributed by atoms with E-state index in [0.717, 1.165) is 11.3 Å². The van der Waals surface area contributed by atoms with Crippen LogP contribution in [0.3, 0.4) is 0 Å². The van der Waals surface area contributed by atoms with Crippen LogP contribution in [0.5, 0.6) is 5.75 Å². The molecule has 1 atom stereocenters. The van der Waals surface area contributed by atoms with Gasteiger partial charge in [-0.2, -0.15) is 4.31 Å². The van der Waals surface area contributed by atoms with E-state index >= 15 is 0 Å². The number of amides is 1. The number of hydrogen-bond donors (Lipinski definition) is 0. The third kappa shape index (κ3) is 4.20. The molecule has 0 saturated carbocycles. The summed E-state index contributed by atoms with van der Waals surface area (Å²) in [7, 11) is -3.56. The number of thiophene rings is 1. The fraction of sp³-hybridized carbons (Fsp3) is 0.353. The van der Waals surface area contributed by atoms with Gasteiger partial charge in [-0.05, 0) is 31.2 Å². The van der Waals surface area contributed by atoms with E-state index in [1.165, 1.54) is 10.4 Å². The number of hydrogen-bond acceptors (Lipinski definition) is 5. The van der Waals surface area contributed by atoms with E-state index in [-0.39, 0.29) is 23.2 Å². The Morgan fingerprint density at radius 2 is 1.77 bits per heavy atom. The van der Waals surface area contributed by atoms with Gasteiger partial charge in [-0.25, -0.2) is 8.42 Å². The fourth-order valence-electron chi connectivity index (χ4n) is 2.72. The normalized spacial score (nSPS) is 17.1. The molecule has 0 radical (unpaired) electrons. The fourth-order valence-corrected chi connectivity index (χ4v) is 5.78. The van der Waals surface area contributed by atoms with E-state index in [4.69, 9.17) is 16.3 Å². The number of ether oxygens (including phenoxy) is 1. The van der Waals surface area contributed by atoms with Crippen LogP contribution in [0.2, 0.25) is 4.34 Å². The zero-order valence-electron chi connectivity index (χ0n) is 14.2. The van der Waals surface area contributed by atoms with Crippen molar-refractivity contribution >= 4 is 38.9 Å². The average Bonchev–Trinajstić information content (AvgIpc) is 3.09. The number of piperazine rings is 1. The van der Waals surface area contributed by atoms with Gasteiger partial charge in [0.1, 0.15) is 9.96 Å². The minimum absolute atomic E-state index is 0.148. The average molecular weight is 415 g/mol. The van der Waals surface area contributed by atoms with E-state index < -0.39 is 16.1 Å². The number of benzene rings is 1. The van der Waals surface area contributed by atoms with Crippen LogP contribution < -0.4 is 4.74 Å². The summed E-state index contributed by atoms with van der Waals surface area (Å²) >= 11 is 6.88. The molecule has 6 nitrogen and oxygen atoms in total. The van der Waals surface area contributed by atoms with Crippen LogP contribution in [0.25, 0.3) is 0 Å². The molecule has 1 aliphatic heterocycles. The first-order valence-electron chi connectivity index (χ1n) is 8.14. The minimum Gasteiger partial charge on any atom is -0.481 e. The van der Waals surface area contributed by atoms with E-state index in [2.05, 4.69) is 0 Å². The van der Waals surface area contributed by atoms with E-state index in [0.29, 0.717) is 23.2 Å². The molecule has 3 rings (SSSR count). The second-order valence-electron chi connectivity index (χ2n) is 5.86. The van der Waals surface area contributed by atoms with Gasteiger partial charge in [-0.3, -0.25) is 4.79 Å². The van der Waals surface area contributed by atoms with Crippen LogP contribution in [-0.4, -0.2) is 55.8 Å². The predicted molar refractivity (Wildman–Crippen MR) is 101 cm³/mol. The highest BCUT2D eigenvalue weighted by Crippen LogP contribution is 2.28. The van der Waals surface area contributed by atoms with Crippen LogP contribution in [-0.2, 0) is 14.8 Å². The molecular formula is C17H19ClN2O4S2. The molecule has 1 amide bonds. The zero-order valence-corrected chi connectivity index (χ0v) is 16.6. The van der Waals surface area contributed by atoms with Crippen molar-refractivity contribution in [2.24, 2.45) is 0 Å². The van der Waals surface area contributed by atoms with Crippen LogP contribution >= 0.6 is 22.9 Å². The monoisotopic (exact) mass is 414 g/mol. The van der Waals surface area contributed by atoms with Gasteiger partial charge >= 0.3 is 0 Å². The Balaban J connectivity index is 1.58. The highest BCUT2D eigenvalue weighted by Gasteiger charge is 2.32. The van der Waals surface area contributed by atoms with Crippen molar-refractivity contribution in [2.75, 3.05) is 26.2 Å². The lowest BCUT2D eigenvalue weighted by Crippen LogP contribution is -2.53. The lowest BCUT2D eigenvalue weighted by molar-refractivity contribution is -0.139. The van der Waals surface area contributed by atoms with Gasteiger partial charge in [-0.1, -0.05) is 29.8 Å². The second kappa shape index (κ2) is 7.96. The second-order valence-corrected chi connectivity index (χ2v) is 9.74. The molecule has 1 fully saturated rings. The van der Waals surface area contributed by atoms with Crippen LogP contribution in [0.15, 0.2) is 46.7 Å². The molecular weight excluding hydrogens is 396 g/mol. The molecule has 0 aliphatic carbocycles. The topological polar surface area (TPSA) is 66.9 Å². The van der Waals surface area contributed by atoms with Crippen LogP contribution in [0.1, 0.15) is 6.92 Å². The lowest BCUT2D eigenvalue weighted by Gasteiger charge is -2.34.